The SMILES string of the molecule is FC(F)(F)C(F)(F)C(F)(F)C(F)(F)COc1nc(OCC(F)(F)C(F)(F)C(F)(F)C(F)(F)F)nc(-c2cc(-c3nc(OCC(F)(F)C(F)(F)C(F)(F)C(F)(F)F)nc(OCC(F)(F)C(F)(F)C(F)(F)C(F)(F)F)n3)cc(-c3nc(OCC(F)(F)C(F)(F)C(F)(F)C(F)(F)F)nc(OCC(F)(F)C(F)(F)C(F)(F)C(F)(F)F)n3)c2)n1. The molecule has 0 spiro atoms. The van der Waals surface area contributed by atoms with Gasteiger partial charge in [-0.2, -0.15) is 267 Å². The van der Waals surface area contributed by atoms with Crippen LogP contribution in [-0.4, -0.2) is 228 Å². The molecule has 0 atom stereocenters. The zero-order chi connectivity index (χ0) is 89.9. The Kier molecular flexibility index (Phi) is 25.0. The van der Waals surface area contributed by atoms with E-state index in [1.165, 1.54) is 0 Å². The summed E-state index contributed by atoms with van der Waals surface area (Å²) in [5.74, 6) is -148. The van der Waals surface area contributed by atoms with E-state index in [-0.39, 0.29) is 0 Å². The van der Waals surface area contributed by atoms with Crippen LogP contribution >= 0.6 is 0 Å². The third-order valence-electron chi connectivity index (χ3n) is 13.0. The smallest absolute Gasteiger partial charge is 0.457 e. The molecule has 4 aromatic rings. The summed E-state index contributed by atoms with van der Waals surface area (Å²) in [6.45, 7) is -24.4. The second-order valence-electron chi connectivity index (χ2n) is 21.3. The maximum Gasteiger partial charge on any atom is 0.460 e. The van der Waals surface area contributed by atoms with Crippen LogP contribution in [0.3, 0.4) is 0 Å². The van der Waals surface area contributed by atoms with Crippen molar-refractivity contribution in [2.75, 3.05) is 39.6 Å². The molecule has 69 heteroatoms. The van der Waals surface area contributed by atoms with Crippen molar-refractivity contribution in [2.45, 2.75) is 144 Å². The van der Waals surface area contributed by atoms with Gasteiger partial charge in [-0.1, -0.05) is 0 Å². The summed E-state index contributed by atoms with van der Waals surface area (Å²) >= 11 is 0. The maximum atomic E-state index is 14.8. The average molecular weight is 1800 g/mol. The van der Waals surface area contributed by atoms with Crippen molar-refractivity contribution in [3.8, 4) is 70.2 Å². The van der Waals surface area contributed by atoms with Gasteiger partial charge in [0, 0.05) is 16.7 Å². The molecule has 15 nitrogen and oxygen atoms in total. The van der Waals surface area contributed by atoms with Gasteiger partial charge in [-0.3, -0.25) is 0 Å². The van der Waals surface area contributed by atoms with E-state index in [0.717, 1.165) is 0 Å². The number of halogens is 54. The molecule has 654 valence electrons. The molecule has 0 bridgehead atoms. The molecular formula is C45H15F54N9O6. The van der Waals surface area contributed by atoms with E-state index >= 15 is 0 Å². The van der Waals surface area contributed by atoms with E-state index in [1.54, 1.807) is 0 Å². The first kappa shape index (κ1) is 97.6. The van der Waals surface area contributed by atoms with Gasteiger partial charge in [-0.05, 0) is 18.2 Å². The Balaban J connectivity index is 2.39. The van der Waals surface area contributed by atoms with Crippen molar-refractivity contribution < 1.29 is 266 Å². The molecule has 1 aromatic carbocycles. The van der Waals surface area contributed by atoms with Gasteiger partial charge in [-0.25, -0.2) is 0 Å². The van der Waals surface area contributed by atoms with Crippen molar-refractivity contribution in [3.63, 3.8) is 0 Å². The highest BCUT2D eigenvalue weighted by atomic mass is 19.5. The molecule has 0 amide bonds. The summed E-state index contributed by atoms with van der Waals surface area (Å²) in [7, 11) is 0. The van der Waals surface area contributed by atoms with Crippen LogP contribution in [0, 0.1) is 0 Å². The fourth-order valence-electron chi connectivity index (χ4n) is 6.72. The van der Waals surface area contributed by atoms with E-state index in [1.807, 2.05) is 0 Å². The van der Waals surface area contributed by atoms with Crippen LogP contribution < -0.4 is 28.4 Å². The highest BCUT2D eigenvalue weighted by molar-refractivity contribution is 5.75. The van der Waals surface area contributed by atoms with E-state index in [0.29, 0.717) is 0 Å². The fourth-order valence-corrected chi connectivity index (χ4v) is 6.72. The first-order valence-corrected chi connectivity index (χ1v) is 26.3. The van der Waals surface area contributed by atoms with Gasteiger partial charge < -0.3 is 28.4 Å². The monoisotopic (exact) mass is 1800 g/mol. The summed E-state index contributed by atoms with van der Waals surface area (Å²) < 4.78 is 770. The van der Waals surface area contributed by atoms with Gasteiger partial charge >= 0.3 is 180 Å². The minimum atomic E-state index is -8.09. The van der Waals surface area contributed by atoms with E-state index in [2.05, 4.69) is 73.3 Å². The number of hydrogen-bond donors (Lipinski definition) is 0. The Morgan fingerprint density at radius 1 is 0.158 bits per heavy atom. The Labute approximate surface area is 582 Å². The number of rotatable bonds is 33. The lowest BCUT2D eigenvalue weighted by molar-refractivity contribution is -0.398. The van der Waals surface area contributed by atoms with Gasteiger partial charge in [-0.15, -0.1) is 15.0 Å². The fraction of sp³-hybridized carbons (Fsp3) is 0.667. The molecule has 0 aliphatic carbocycles. The number of hydrogen-bond acceptors (Lipinski definition) is 15. The molecule has 3 heterocycles. The largest absolute Gasteiger partial charge is 0.460 e. The predicted molar refractivity (Wildman–Crippen MR) is 241 cm³/mol. The quantitative estimate of drug-likeness (QED) is 0.0412. The highest BCUT2D eigenvalue weighted by Gasteiger charge is 2.87. The van der Waals surface area contributed by atoms with Crippen molar-refractivity contribution >= 4 is 0 Å². The Bertz CT molecular complexity index is 3420. The molecule has 0 fully saturated rings. The summed E-state index contributed by atoms with van der Waals surface area (Å²) in [6.07, 6.45) is -47.2. The zero-order valence-corrected chi connectivity index (χ0v) is 50.9. The average Bonchev–Trinajstić information content (AvgIpc) is 0.767. The number of alkyl halides is 54. The third-order valence-corrected chi connectivity index (χ3v) is 13.0. The lowest BCUT2D eigenvalue weighted by Crippen LogP contribution is -2.62. The Hall–Kier alpha value is -8.73. The van der Waals surface area contributed by atoms with Gasteiger partial charge in [0.2, 0.25) is 0 Å². The third kappa shape index (κ3) is 17.4. The number of nitrogens with zero attached hydrogens (tertiary/aromatic N) is 9. The van der Waals surface area contributed by atoms with Crippen LogP contribution in [0.15, 0.2) is 18.2 Å². The summed E-state index contributed by atoms with van der Waals surface area (Å²) in [5.41, 5.74) is -6.92. The minimum absolute atomic E-state index is 0.670. The van der Waals surface area contributed by atoms with Crippen LogP contribution in [0.2, 0.25) is 0 Å². The molecule has 0 saturated carbocycles. The highest BCUT2D eigenvalue weighted by Crippen LogP contribution is 2.60. The molecule has 0 unspecified atom stereocenters. The van der Waals surface area contributed by atoms with E-state index in [9.17, 15) is 237 Å². The number of benzene rings is 1. The van der Waals surface area contributed by atoms with E-state index < -0.39 is 272 Å². The van der Waals surface area contributed by atoms with Gasteiger partial charge in [0.05, 0.1) is 0 Å². The van der Waals surface area contributed by atoms with Crippen LogP contribution in [0.4, 0.5) is 237 Å². The topological polar surface area (TPSA) is 171 Å². The normalized spacial score (nSPS) is 15.3. The van der Waals surface area contributed by atoms with Crippen LogP contribution in [-0.2, 0) is 0 Å². The Morgan fingerprint density at radius 3 is 0.360 bits per heavy atom. The summed E-state index contributed by atoms with van der Waals surface area (Å²) in [4.78, 5) is 22.1. The summed E-state index contributed by atoms with van der Waals surface area (Å²) in [5, 5.41) is 0. The molecule has 114 heavy (non-hydrogen) atoms. The molecule has 0 saturated heterocycles. The van der Waals surface area contributed by atoms with Gasteiger partial charge in [0.25, 0.3) is 0 Å². The Morgan fingerprint density at radius 2 is 0.263 bits per heavy atom. The lowest BCUT2D eigenvalue weighted by atomic mass is 10.0. The van der Waals surface area contributed by atoms with Gasteiger partial charge in [0.15, 0.2) is 57.1 Å². The molecule has 0 radical (unpaired) electrons. The van der Waals surface area contributed by atoms with Crippen molar-refractivity contribution in [3.05, 3.63) is 18.2 Å². The molecule has 3 aromatic heterocycles. The van der Waals surface area contributed by atoms with E-state index in [4.69, 9.17) is 0 Å². The molecule has 0 aliphatic rings. The first-order chi connectivity index (χ1) is 49.9. The number of ether oxygens (including phenoxy) is 6. The first-order valence-electron chi connectivity index (χ1n) is 26.3. The van der Waals surface area contributed by atoms with Crippen molar-refractivity contribution in [1.29, 1.82) is 0 Å². The second-order valence-corrected chi connectivity index (χ2v) is 21.3. The van der Waals surface area contributed by atoms with Crippen LogP contribution in [0.5, 0.6) is 36.1 Å². The lowest BCUT2D eigenvalue weighted by Gasteiger charge is -2.33. The molecular weight excluding hydrogens is 1790 g/mol. The van der Waals surface area contributed by atoms with Crippen molar-refractivity contribution in [2.24, 2.45) is 0 Å². The zero-order valence-electron chi connectivity index (χ0n) is 50.9. The molecule has 4 rings (SSSR count). The standard InChI is InChI=1S/C45H15F54N9O6/c46-22(47,28(58,59)34(70,71)40(82,83)84)4-109-16-100-13(101-17(106-16)110-5-23(48,49)29(60,61)35(72,73)41(85,86)87)10-1-11(14-102-18(111-6-24(50,51)30(62,63)36(74,75)42(88,89)90)107-19(103-14)112-7-25(52,53)31(64,65)37(76,77)43(91,92)93)3-12(2-10)15-104-20(113-8-26(54,55)32(66,67)38(78,79)44(94,95)96)108-21(105-15)114-9-27(56,57)33(68,69)39(80,81)45(97,98)99/h1-3H,4-9H2. The predicted octanol–water partition coefficient (Wildman–Crippen LogP) is 18.3. The van der Waals surface area contributed by atoms with Crippen LogP contribution in [0.1, 0.15) is 0 Å². The second kappa shape index (κ2) is 29.2. The van der Waals surface area contributed by atoms with Crippen LogP contribution in [0.25, 0.3) is 34.2 Å². The molecule has 0 aliphatic heterocycles. The number of aromatic nitrogens is 9. The summed E-state index contributed by atoms with van der Waals surface area (Å²) in [6, 6.07) is -20.1. The maximum absolute atomic E-state index is 14.8. The van der Waals surface area contributed by atoms with Crippen molar-refractivity contribution in [1.82, 2.24) is 44.9 Å². The van der Waals surface area contributed by atoms with Gasteiger partial charge in [0.1, 0.15) is 0 Å². The molecule has 0 N–H and O–H groups in total. The minimum Gasteiger partial charge on any atom is -0.457 e.